The molecule has 0 aliphatic carbocycles. The minimum absolute atomic E-state index is 0.831. The van der Waals surface area contributed by atoms with E-state index in [4.69, 9.17) is 4.42 Å². The van der Waals surface area contributed by atoms with Crippen LogP contribution in [0.15, 0.2) is 59.3 Å². The Balaban J connectivity index is 1.99. The molecule has 16 heavy (non-hydrogen) atoms. The van der Waals surface area contributed by atoms with E-state index in [1.807, 2.05) is 30.5 Å². The molecule has 2 heteroatoms. The van der Waals surface area contributed by atoms with Crippen molar-refractivity contribution in [2.45, 2.75) is 6.42 Å². The normalized spacial score (nSPS) is 10.8. The van der Waals surface area contributed by atoms with E-state index in [1.165, 1.54) is 10.9 Å². The summed E-state index contributed by atoms with van der Waals surface area (Å²) in [5.41, 5.74) is 2.28. The number of aromatic nitrogens is 1. The Hall–Kier alpha value is -2.09. The second-order valence-electron chi connectivity index (χ2n) is 3.79. The SMILES string of the molecule is c1coc(Cc2ccc3ncccc3c2)c1. The van der Waals surface area contributed by atoms with Gasteiger partial charge in [-0.3, -0.25) is 4.98 Å². The molecule has 3 aromatic rings. The molecule has 1 aromatic carbocycles. The quantitative estimate of drug-likeness (QED) is 0.646. The van der Waals surface area contributed by atoms with E-state index in [-0.39, 0.29) is 0 Å². The van der Waals surface area contributed by atoms with Gasteiger partial charge in [0.15, 0.2) is 0 Å². The summed E-state index contributed by atoms with van der Waals surface area (Å²) in [6.07, 6.45) is 4.35. The zero-order chi connectivity index (χ0) is 10.8. The van der Waals surface area contributed by atoms with Gasteiger partial charge in [-0.2, -0.15) is 0 Å². The van der Waals surface area contributed by atoms with Crippen molar-refractivity contribution in [2.24, 2.45) is 0 Å². The number of hydrogen-bond donors (Lipinski definition) is 0. The molecule has 0 unspecified atom stereocenters. The Morgan fingerprint density at radius 2 is 2.06 bits per heavy atom. The fourth-order valence-electron chi connectivity index (χ4n) is 1.85. The molecule has 0 N–H and O–H groups in total. The lowest BCUT2D eigenvalue weighted by Crippen LogP contribution is -1.86. The van der Waals surface area contributed by atoms with Gasteiger partial charge in [0.05, 0.1) is 11.8 Å². The van der Waals surface area contributed by atoms with E-state index in [9.17, 15) is 0 Å². The Morgan fingerprint density at radius 1 is 1.06 bits per heavy atom. The molecule has 78 valence electrons. The summed E-state index contributed by atoms with van der Waals surface area (Å²) in [6.45, 7) is 0. The van der Waals surface area contributed by atoms with E-state index in [2.05, 4.69) is 23.2 Å². The molecule has 0 radical (unpaired) electrons. The third kappa shape index (κ3) is 1.70. The molecular formula is C14H11NO. The molecule has 2 heterocycles. The summed E-state index contributed by atoms with van der Waals surface area (Å²) in [4.78, 5) is 4.30. The molecule has 2 aromatic heterocycles. The van der Waals surface area contributed by atoms with Crippen LogP contribution in [0.1, 0.15) is 11.3 Å². The van der Waals surface area contributed by atoms with Crippen LogP contribution in [0.5, 0.6) is 0 Å². The lowest BCUT2D eigenvalue weighted by Gasteiger charge is -2.01. The first-order valence-electron chi connectivity index (χ1n) is 5.28. The zero-order valence-electron chi connectivity index (χ0n) is 8.76. The van der Waals surface area contributed by atoms with Crippen LogP contribution >= 0.6 is 0 Å². The minimum atomic E-state index is 0.831. The lowest BCUT2D eigenvalue weighted by molar-refractivity contribution is 0.521. The topological polar surface area (TPSA) is 26.0 Å². The van der Waals surface area contributed by atoms with Crippen LogP contribution in [0.25, 0.3) is 10.9 Å². The van der Waals surface area contributed by atoms with Crippen molar-refractivity contribution in [3.05, 3.63) is 66.2 Å². The minimum Gasteiger partial charge on any atom is -0.469 e. The average Bonchev–Trinajstić information content (AvgIpc) is 2.82. The molecule has 0 amide bonds. The Labute approximate surface area is 93.5 Å². The van der Waals surface area contributed by atoms with Gasteiger partial charge in [0.2, 0.25) is 0 Å². The van der Waals surface area contributed by atoms with Gasteiger partial charge in [-0.05, 0) is 35.9 Å². The summed E-state index contributed by atoms with van der Waals surface area (Å²) in [5, 5.41) is 1.17. The predicted molar refractivity (Wildman–Crippen MR) is 63.3 cm³/mol. The number of pyridine rings is 1. The molecule has 0 aliphatic heterocycles. The maximum absolute atomic E-state index is 5.33. The van der Waals surface area contributed by atoms with Gasteiger partial charge in [-0.25, -0.2) is 0 Å². The highest BCUT2D eigenvalue weighted by Crippen LogP contribution is 2.16. The summed E-state index contributed by atoms with van der Waals surface area (Å²) in [6, 6.07) is 14.2. The number of rotatable bonds is 2. The van der Waals surface area contributed by atoms with Gasteiger partial charge in [-0.1, -0.05) is 12.1 Å². The smallest absolute Gasteiger partial charge is 0.108 e. The zero-order valence-corrected chi connectivity index (χ0v) is 8.76. The van der Waals surface area contributed by atoms with Crippen molar-refractivity contribution in [1.29, 1.82) is 0 Å². The van der Waals surface area contributed by atoms with Gasteiger partial charge >= 0.3 is 0 Å². The Kier molecular flexibility index (Phi) is 2.18. The van der Waals surface area contributed by atoms with Gasteiger partial charge < -0.3 is 4.42 Å². The lowest BCUT2D eigenvalue weighted by atomic mass is 10.1. The van der Waals surface area contributed by atoms with Gasteiger partial charge in [0.25, 0.3) is 0 Å². The van der Waals surface area contributed by atoms with Crippen LogP contribution in [0.4, 0.5) is 0 Å². The highest BCUT2D eigenvalue weighted by atomic mass is 16.3. The van der Waals surface area contributed by atoms with Crippen molar-refractivity contribution in [1.82, 2.24) is 4.98 Å². The van der Waals surface area contributed by atoms with E-state index in [0.29, 0.717) is 0 Å². The highest BCUT2D eigenvalue weighted by molar-refractivity contribution is 5.78. The third-order valence-electron chi connectivity index (χ3n) is 2.63. The molecule has 0 aliphatic rings. The first-order chi connectivity index (χ1) is 7.92. The monoisotopic (exact) mass is 209 g/mol. The number of nitrogens with zero attached hydrogens (tertiary/aromatic N) is 1. The molecule has 0 saturated carbocycles. The standard InChI is InChI=1S/C14H11NO/c1-3-12-9-11(5-6-14(12)15-7-1)10-13-4-2-8-16-13/h1-9H,10H2. The molecule has 0 bridgehead atoms. The van der Waals surface area contributed by atoms with E-state index in [1.54, 1.807) is 6.26 Å². The van der Waals surface area contributed by atoms with Crippen molar-refractivity contribution >= 4 is 10.9 Å². The van der Waals surface area contributed by atoms with Crippen molar-refractivity contribution in [3.63, 3.8) is 0 Å². The van der Waals surface area contributed by atoms with Crippen LogP contribution < -0.4 is 0 Å². The molecule has 0 atom stereocenters. The largest absolute Gasteiger partial charge is 0.469 e. The maximum Gasteiger partial charge on any atom is 0.108 e. The summed E-state index contributed by atoms with van der Waals surface area (Å²) < 4.78 is 5.33. The van der Waals surface area contributed by atoms with Crippen LogP contribution in [-0.2, 0) is 6.42 Å². The van der Waals surface area contributed by atoms with E-state index < -0.39 is 0 Å². The van der Waals surface area contributed by atoms with E-state index in [0.717, 1.165) is 17.7 Å². The number of fused-ring (bicyclic) bond motifs is 1. The van der Waals surface area contributed by atoms with Crippen molar-refractivity contribution in [2.75, 3.05) is 0 Å². The Morgan fingerprint density at radius 3 is 2.94 bits per heavy atom. The molecular weight excluding hydrogens is 198 g/mol. The number of furan rings is 1. The first-order valence-corrected chi connectivity index (χ1v) is 5.28. The van der Waals surface area contributed by atoms with Crippen LogP contribution in [0, 0.1) is 0 Å². The summed E-state index contributed by atoms with van der Waals surface area (Å²) in [7, 11) is 0. The molecule has 2 nitrogen and oxygen atoms in total. The predicted octanol–water partition coefficient (Wildman–Crippen LogP) is 3.42. The molecule has 0 fully saturated rings. The second-order valence-corrected chi connectivity index (χ2v) is 3.79. The highest BCUT2D eigenvalue weighted by Gasteiger charge is 2.00. The molecule has 0 spiro atoms. The van der Waals surface area contributed by atoms with E-state index >= 15 is 0 Å². The second kappa shape index (κ2) is 3.81. The molecule has 3 rings (SSSR count). The average molecular weight is 209 g/mol. The Bertz CT molecular complexity index is 599. The van der Waals surface area contributed by atoms with Crippen LogP contribution in [0.2, 0.25) is 0 Å². The number of hydrogen-bond acceptors (Lipinski definition) is 2. The van der Waals surface area contributed by atoms with Gasteiger partial charge in [0, 0.05) is 18.0 Å². The molecule has 0 saturated heterocycles. The van der Waals surface area contributed by atoms with Crippen molar-refractivity contribution in [3.8, 4) is 0 Å². The fraction of sp³-hybridized carbons (Fsp3) is 0.0714. The third-order valence-corrected chi connectivity index (χ3v) is 2.63. The maximum atomic E-state index is 5.33. The number of benzene rings is 1. The van der Waals surface area contributed by atoms with Crippen LogP contribution in [-0.4, -0.2) is 4.98 Å². The van der Waals surface area contributed by atoms with Gasteiger partial charge in [0.1, 0.15) is 5.76 Å². The first kappa shape index (κ1) is 9.16. The van der Waals surface area contributed by atoms with Gasteiger partial charge in [-0.15, -0.1) is 0 Å². The fourth-order valence-corrected chi connectivity index (χ4v) is 1.85. The van der Waals surface area contributed by atoms with Crippen molar-refractivity contribution < 1.29 is 4.42 Å². The van der Waals surface area contributed by atoms with Crippen LogP contribution in [0.3, 0.4) is 0 Å². The summed E-state index contributed by atoms with van der Waals surface area (Å²) in [5.74, 6) is 0.989. The summed E-state index contributed by atoms with van der Waals surface area (Å²) >= 11 is 0.